The fourth-order valence-corrected chi connectivity index (χ4v) is 1.97. The molecule has 3 nitrogen and oxygen atoms in total. The van der Waals surface area contributed by atoms with Gasteiger partial charge in [-0.25, -0.2) is 0 Å². The van der Waals surface area contributed by atoms with Crippen LogP contribution in [0, 0.1) is 25.2 Å². The maximum atomic E-state index is 8.67. The van der Waals surface area contributed by atoms with Gasteiger partial charge in [-0.05, 0) is 32.3 Å². The zero-order valence-corrected chi connectivity index (χ0v) is 9.33. The minimum atomic E-state index is 0.292. The van der Waals surface area contributed by atoms with Gasteiger partial charge in [-0.2, -0.15) is 10.4 Å². The second kappa shape index (κ2) is 4.28. The number of rotatable bonds is 3. The van der Waals surface area contributed by atoms with Gasteiger partial charge in [-0.15, -0.1) is 0 Å². The minimum absolute atomic E-state index is 0.292. The molecule has 1 heterocycles. The molecule has 0 fully saturated rings. The fourth-order valence-electron chi connectivity index (χ4n) is 1.97. The van der Waals surface area contributed by atoms with Crippen molar-refractivity contribution in [2.24, 2.45) is 0 Å². The van der Waals surface area contributed by atoms with E-state index in [1.807, 2.05) is 11.6 Å². The van der Waals surface area contributed by atoms with E-state index >= 15 is 0 Å². The van der Waals surface area contributed by atoms with Crippen molar-refractivity contribution in [2.75, 3.05) is 0 Å². The lowest BCUT2D eigenvalue weighted by atomic mass is 9.97. The van der Waals surface area contributed by atoms with E-state index in [0.29, 0.717) is 12.3 Å². The molecule has 0 aliphatic carbocycles. The number of nitrogens with zero attached hydrogens (tertiary/aromatic N) is 3. The third-order valence-electron chi connectivity index (χ3n) is 2.63. The normalized spacial score (nSPS) is 12.5. The quantitative estimate of drug-likeness (QED) is 0.736. The van der Waals surface area contributed by atoms with Crippen LogP contribution in [-0.4, -0.2) is 9.78 Å². The molecule has 0 bridgehead atoms. The SMILES string of the molecule is CCn1nc(C)c(C(C)CC#N)c1C. The van der Waals surface area contributed by atoms with Crippen molar-refractivity contribution in [1.82, 2.24) is 9.78 Å². The molecule has 0 amide bonds. The average molecular weight is 191 g/mol. The Bertz CT molecular complexity index is 357. The molecule has 76 valence electrons. The predicted molar refractivity (Wildman–Crippen MR) is 56.0 cm³/mol. The van der Waals surface area contributed by atoms with E-state index < -0.39 is 0 Å². The Kier molecular flexibility index (Phi) is 3.29. The highest BCUT2D eigenvalue weighted by atomic mass is 15.3. The Morgan fingerprint density at radius 3 is 2.57 bits per heavy atom. The van der Waals surface area contributed by atoms with Crippen LogP contribution in [0.3, 0.4) is 0 Å². The van der Waals surface area contributed by atoms with Gasteiger partial charge >= 0.3 is 0 Å². The highest BCUT2D eigenvalue weighted by Gasteiger charge is 2.16. The molecule has 0 aliphatic heterocycles. The van der Waals surface area contributed by atoms with Crippen LogP contribution in [0.15, 0.2) is 0 Å². The van der Waals surface area contributed by atoms with Crippen molar-refractivity contribution in [3.05, 3.63) is 17.0 Å². The summed E-state index contributed by atoms with van der Waals surface area (Å²) in [6.07, 6.45) is 0.567. The molecular formula is C11H17N3. The van der Waals surface area contributed by atoms with Crippen LogP contribution in [0.4, 0.5) is 0 Å². The summed E-state index contributed by atoms with van der Waals surface area (Å²) in [5, 5.41) is 13.1. The summed E-state index contributed by atoms with van der Waals surface area (Å²) >= 11 is 0. The monoisotopic (exact) mass is 191 g/mol. The zero-order valence-electron chi connectivity index (χ0n) is 9.33. The highest BCUT2D eigenvalue weighted by molar-refractivity contribution is 5.28. The lowest BCUT2D eigenvalue weighted by Crippen LogP contribution is -2.00. The summed E-state index contributed by atoms with van der Waals surface area (Å²) in [5.74, 6) is 0.292. The minimum Gasteiger partial charge on any atom is -0.270 e. The smallest absolute Gasteiger partial charge is 0.0631 e. The maximum absolute atomic E-state index is 8.67. The van der Waals surface area contributed by atoms with E-state index in [0.717, 1.165) is 12.2 Å². The summed E-state index contributed by atoms with van der Waals surface area (Å²) in [5.41, 5.74) is 3.51. The van der Waals surface area contributed by atoms with Gasteiger partial charge in [0.2, 0.25) is 0 Å². The molecule has 0 radical (unpaired) electrons. The summed E-state index contributed by atoms with van der Waals surface area (Å²) in [6, 6.07) is 2.21. The molecule has 1 aromatic heterocycles. The first-order chi connectivity index (χ1) is 6.61. The maximum Gasteiger partial charge on any atom is 0.0631 e. The van der Waals surface area contributed by atoms with Gasteiger partial charge < -0.3 is 0 Å². The summed E-state index contributed by atoms with van der Waals surface area (Å²) in [6.45, 7) is 9.15. The first kappa shape index (κ1) is 10.8. The van der Waals surface area contributed by atoms with Gasteiger partial charge in [0.05, 0.1) is 11.8 Å². The molecule has 1 aromatic rings. The van der Waals surface area contributed by atoms with Gasteiger partial charge in [0.15, 0.2) is 0 Å². The van der Waals surface area contributed by atoms with Gasteiger partial charge in [0.1, 0.15) is 0 Å². The molecule has 1 atom stereocenters. The Morgan fingerprint density at radius 1 is 1.50 bits per heavy atom. The van der Waals surface area contributed by atoms with Crippen molar-refractivity contribution in [2.45, 2.75) is 46.6 Å². The molecule has 1 unspecified atom stereocenters. The topological polar surface area (TPSA) is 41.6 Å². The van der Waals surface area contributed by atoms with Gasteiger partial charge in [0.25, 0.3) is 0 Å². The third kappa shape index (κ3) is 1.79. The molecule has 0 saturated carbocycles. The van der Waals surface area contributed by atoms with Crippen LogP contribution in [-0.2, 0) is 6.54 Å². The first-order valence-corrected chi connectivity index (χ1v) is 5.02. The molecule has 3 heteroatoms. The van der Waals surface area contributed by atoms with Crippen LogP contribution in [0.1, 0.15) is 43.1 Å². The third-order valence-corrected chi connectivity index (χ3v) is 2.63. The Balaban J connectivity index is 3.08. The summed E-state index contributed by atoms with van der Waals surface area (Å²) in [7, 11) is 0. The number of nitriles is 1. The lowest BCUT2D eigenvalue weighted by Gasteiger charge is -2.07. The van der Waals surface area contributed by atoms with Gasteiger partial charge in [-0.3, -0.25) is 4.68 Å². The molecule has 0 spiro atoms. The summed E-state index contributed by atoms with van der Waals surface area (Å²) in [4.78, 5) is 0. The van der Waals surface area contributed by atoms with Gasteiger partial charge in [-0.1, -0.05) is 6.92 Å². The van der Waals surface area contributed by atoms with Crippen molar-refractivity contribution >= 4 is 0 Å². The van der Waals surface area contributed by atoms with E-state index in [2.05, 4.69) is 31.9 Å². The molecule has 0 aliphatic rings. The average Bonchev–Trinajstić information content (AvgIpc) is 2.41. The van der Waals surface area contributed by atoms with Crippen LogP contribution in [0.5, 0.6) is 0 Å². The fraction of sp³-hybridized carbons (Fsp3) is 0.636. The molecular weight excluding hydrogens is 174 g/mol. The molecule has 0 N–H and O–H groups in total. The van der Waals surface area contributed by atoms with E-state index in [-0.39, 0.29) is 0 Å². The van der Waals surface area contributed by atoms with Crippen molar-refractivity contribution in [1.29, 1.82) is 5.26 Å². The summed E-state index contributed by atoms with van der Waals surface area (Å²) < 4.78 is 2.00. The molecule has 14 heavy (non-hydrogen) atoms. The largest absolute Gasteiger partial charge is 0.270 e. The Labute approximate surface area is 85.4 Å². The van der Waals surface area contributed by atoms with Crippen molar-refractivity contribution in [3.8, 4) is 6.07 Å². The van der Waals surface area contributed by atoms with E-state index in [4.69, 9.17) is 5.26 Å². The Morgan fingerprint density at radius 2 is 2.14 bits per heavy atom. The van der Waals surface area contributed by atoms with E-state index in [1.54, 1.807) is 0 Å². The van der Waals surface area contributed by atoms with Crippen LogP contribution < -0.4 is 0 Å². The van der Waals surface area contributed by atoms with Crippen molar-refractivity contribution in [3.63, 3.8) is 0 Å². The second-order valence-corrected chi connectivity index (χ2v) is 3.66. The van der Waals surface area contributed by atoms with Crippen LogP contribution >= 0.6 is 0 Å². The number of aryl methyl sites for hydroxylation is 2. The van der Waals surface area contributed by atoms with E-state index in [9.17, 15) is 0 Å². The standard InChI is InChI=1S/C11H17N3/c1-5-14-10(4)11(9(3)13-14)8(2)6-7-12/h8H,5-6H2,1-4H3. The Hall–Kier alpha value is -1.30. The lowest BCUT2D eigenvalue weighted by molar-refractivity contribution is 0.631. The van der Waals surface area contributed by atoms with E-state index in [1.165, 1.54) is 11.3 Å². The van der Waals surface area contributed by atoms with Crippen molar-refractivity contribution < 1.29 is 0 Å². The second-order valence-electron chi connectivity index (χ2n) is 3.66. The predicted octanol–water partition coefficient (Wildman–Crippen LogP) is 2.54. The first-order valence-electron chi connectivity index (χ1n) is 5.02. The molecule has 0 saturated heterocycles. The number of hydrogen-bond donors (Lipinski definition) is 0. The molecule has 0 aromatic carbocycles. The van der Waals surface area contributed by atoms with Crippen LogP contribution in [0.2, 0.25) is 0 Å². The molecule has 1 rings (SSSR count). The van der Waals surface area contributed by atoms with Gasteiger partial charge in [0, 0.05) is 18.7 Å². The zero-order chi connectivity index (χ0) is 10.7. The number of hydrogen-bond acceptors (Lipinski definition) is 2. The number of aromatic nitrogens is 2. The van der Waals surface area contributed by atoms with Crippen LogP contribution in [0.25, 0.3) is 0 Å². The highest BCUT2D eigenvalue weighted by Crippen LogP contribution is 2.25.